The summed E-state index contributed by atoms with van der Waals surface area (Å²) in [6, 6.07) is 4.02. The summed E-state index contributed by atoms with van der Waals surface area (Å²) < 4.78 is 5.45. The van der Waals surface area contributed by atoms with Crippen LogP contribution in [0.1, 0.15) is 24.6 Å². The Balaban J connectivity index is 2.02. The van der Waals surface area contributed by atoms with Crippen molar-refractivity contribution in [2.45, 2.75) is 32.5 Å². The van der Waals surface area contributed by atoms with Crippen molar-refractivity contribution in [2.75, 3.05) is 26.3 Å². The van der Waals surface area contributed by atoms with Crippen molar-refractivity contribution in [1.82, 2.24) is 5.32 Å². The van der Waals surface area contributed by atoms with Gasteiger partial charge in [0.1, 0.15) is 0 Å². The van der Waals surface area contributed by atoms with Gasteiger partial charge in [0.15, 0.2) is 0 Å². The molecule has 0 saturated carbocycles. The van der Waals surface area contributed by atoms with Crippen molar-refractivity contribution in [3.63, 3.8) is 0 Å². The summed E-state index contributed by atoms with van der Waals surface area (Å²) in [4.78, 5) is 1.18. The van der Waals surface area contributed by atoms with Crippen LogP contribution in [0.2, 0.25) is 0 Å². The lowest BCUT2D eigenvalue weighted by atomic mass is 10.0. The Morgan fingerprint density at radius 3 is 2.89 bits per heavy atom. The summed E-state index contributed by atoms with van der Waals surface area (Å²) in [5, 5.41) is 23.9. The van der Waals surface area contributed by atoms with Crippen LogP contribution in [0, 0.1) is 5.92 Å². The van der Waals surface area contributed by atoms with E-state index < -0.39 is 6.10 Å². The van der Waals surface area contributed by atoms with Gasteiger partial charge in [-0.15, -0.1) is 11.3 Å². The highest BCUT2D eigenvalue weighted by Crippen LogP contribution is 2.09. The number of rotatable bonds is 11. The number of ether oxygens (including phenoxy) is 1. The Hall–Kier alpha value is -0.460. The first-order valence-electron chi connectivity index (χ1n) is 6.86. The molecule has 1 aromatic heterocycles. The molecule has 110 valence electrons. The van der Waals surface area contributed by atoms with Crippen LogP contribution in [-0.4, -0.2) is 42.6 Å². The molecule has 19 heavy (non-hydrogen) atoms. The zero-order valence-electron chi connectivity index (χ0n) is 11.5. The van der Waals surface area contributed by atoms with Crippen molar-refractivity contribution in [1.29, 1.82) is 0 Å². The zero-order chi connectivity index (χ0) is 13.9. The Labute approximate surface area is 119 Å². The fraction of sp³-hybridized carbons (Fsp3) is 0.714. The molecule has 0 spiro atoms. The highest BCUT2D eigenvalue weighted by atomic mass is 32.1. The Morgan fingerprint density at radius 2 is 2.26 bits per heavy atom. The number of aliphatic hydroxyl groups is 2. The van der Waals surface area contributed by atoms with Crippen LogP contribution in [0.4, 0.5) is 0 Å². The van der Waals surface area contributed by atoms with Crippen LogP contribution >= 0.6 is 11.3 Å². The molecule has 5 heteroatoms. The minimum atomic E-state index is -0.480. The van der Waals surface area contributed by atoms with E-state index in [1.165, 1.54) is 4.88 Å². The molecule has 0 radical (unpaired) electrons. The lowest BCUT2D eigenvalue weighted by Gasteiger charge is -2.16. The first-order chi connectivity index (χ1) is 9.26. The van der Waals surface area contributed by atoms with Gasteiger partial charge >= 0.3 is 0 Å². The number of hydrogen-bond acceptors (Lipinski definition) is 5. The average molecular weight is 287 g/mol. The average Bonchev–Trinajstić information content (AvgIpc) is 2.91. The summed E-state index contributed by atoms with van der Waals surface area (Å²) in [6.45, 7) is 4.62. The maximum Gasteiger partial charge on any atom is 0.0897 e. The molecule has 2 unspecified atom stereocenters. The predicted molar refractivity (Wildman–Crippen MR) is 78.3 cm³/mol. The summed E-state index contributed by atoms with van der Waals surface area (Å²) in [6.07, 6.45) is 1.37. The molecule has 0 saturated heterocycles. The van der Waals surface area contributed by atoms with Gasteiger partial charge in [-0.3, -0.25) is 0 Å². The van der Waals surface area contributed by atoms with Gasteiger partial charge in [-0.1, -0.05) is 19.4 Å². The van der Waals surface area contributed by atoms with E-state index in [0.717, 1.165) is 19.4 Å². The SMILES string of the molecule is CCC(CCO)CNCC(O)COCc1cccs1. The fourth-order valence-corrected chi connectivity index (χ4v) is 2.48. The summed E-state index contributed by atoms with van der Waals surface area (Å²) in [5.74, 6) is 0.476. The van der Waals surface area contributed by atoms with Gasteiger partial charge in [-0.2, -0.15) is 0 Å². The molecular formula is C14H25NO3S. The van der Waals surface area contributed by atoms with Gasteiger partial charge in [-0.25, -0.2) is 0 Å². The van der Waals surface area contributed by atoms with Gasteiger partial charge in [0.2, 0.25) is 0 Å². The summed E-state index contributed by atoms with van der Waals surface area (Å²) in [7, 11) is 0. The Kier molecular flexibility index (Phi) is 9.03. The topological polar surface area (TPSA) is 61.7 Å². The lowest BCUT2D eigenvalue weighted by Crippen LogP contribution is -2.33. The van der Waals surface area contributed by atoms with E-state index in [-0.39, 0.29) is 6.61 Å². The van der Waals surface area contributed by atoms with Crippen LogP contribution in [0.25, 0.3) is 0 Å². The highest BCUT2D eigenvalue weighted by molar-refractivity contribution is 7.09. The molecule has 2 atom stereocenters. The van der Waals surface area contributed by atoms with Gasteiger partial charge in [-0.05, 0) is 30.3 Å². The summed E-state index contributed by atoms with van der Waals surface area (Å²) >= 11 is 1.66. The van der Waals surface area contributed by atoms with Gasteiger partial charge in [0.05, 0.1) is 19.3 Å². The second kappa shape index (κ2) is 10.3. The molecule has 1 heterocycles. The maximum absolute atomic E-state index is 9.76. The monoisotopic (exact) mass is 287 g/mol. The molecule has 0 aliphatic carbocycles. The molecule has 0 bridgehead atoms. The Bertz CT molecular complexity index is 306. The fourth-order valence-electron chi connectivity index (χ4n) is 1.84. The molecule has 1 rings (SSSR count). The standard InChI is InChI=1S/C14H25NO3S/c1-2-12(5-6-16)8-15-9-13(17)10-18-11-14-4-3-7-19-14/h3-4,7,12-13,15-17H,2,5-6,8-11H2,1H3. The quantitative estimate of drug-likeness (QED) is 0.579. The van der Waals surface area contributed by atoms with Gasteiger partial charge in [0, 0.05) is 18.0 Å². The van der Waals surface area contributed by atoms with E-state index in [0.29, 0.717) is 25.7 Å². The van der Waals surface area contributed by atoms with Crippen molar-refractivity contribution in [2.24, 2.45) is 5.92 Å². The lowest BCUT2D eigenvalue weighted by molar-refractivity contribution is 0.0294. The number of nitrogens with one attached hydrogen (secondary N) is 1. The number of thiophene rings is 1. The predicted octanol–water partition coefficient (Wildman–Crippen LogP) is 1.62. The van der Waals surface area contributed by atoms with Crippen LogP contribution in [0.5, 0.6) is 0 Å². The largest absolute Gasteiger partial charge is 0.396 e. The number of hydrogen-bond donors (Lipinski definition) is 3. The molecule has 0 aliphatic heterocycles. The highest BCUT2D eigenvalue weighted by Gasteiger charge is 2.08. The van der Waals surface area contributed by atoms with Gasteiger partial charge in [0.25, 0.3) is 0 Å². The van der Waals surface area contributed by atoms with E-state index >= 15 is 0 Å². The van der Waals surface area contributed by atoms with E-state index in [1.807, 2.05) is 17.5 Å². The van der Waals surface area contributed by atoms with E-state index in [1.54, 1.807) is 11.3 Å². The minimum Gasteiger partial charge on any atom is -0.396 e. The number of aliphatic hydroxyl groups excluding tert-OH is 2. The molecule has 4 nitrogen and oxygen atoms in total. The third-order valence-corrected chi connectivity index (χ3v) is 3.91. The van der Waals surface area contributed by atoms with Crippen molar-refractivity contribution in [3.05, 3.63) is 22.4 Å². The normalized spacial score (nSPS) is 14.5. The smallest absolute Gasteiger partial charge is 0.0897 e. The third kappa shape index (κ3) is 7.64. The molecule has 0 amide bonds. The first-order valence-corrected chi connectivity index (χ1v) is 7.74. The first kappa shape index (κ1) is 16.6. The molecule has 1 aromatic rings. The van der Waals surface area contributed by atoms with Crippen LogP contribution in [-0.2, 0) is 11.3 Å². The minimum absolute atomic E-state index is 0.229. The Morgan fingerprint density at radius 1 is 1.42 bits per heavy atom. The van der Waals surface area contributed by atoms with Gasteiger partial charge < -0.3 is 20.3 Å². The maximum atomic E-state index is 9.76. The summed E-state index contributed by atoms with van der Waals surface area (Å²) in [5.41, 5.74) is 0. The van der Waals surface area contributed by atoms with Crippen molar-refractivity contribution >= 4 is 11.3 Å². The van der Waals surface area contributed by atoms with Crippen molar-refractivity contribution < 1.29 is 14.9 Å². The van der Waals surface area contributed by atoms with Crippen molar-refractivity contribution in [3.8, 4) is 0 Å². The molecule has 0 aliphatic rings. The zero-order valence-corrected chi connectivity index (χ0v) is 12.4. The van der Waals surface area contributed by atoms with E-state index in [4.69, 9.17) is 9.84 Å². The van der Waals surface area contributed by atoms with E-state index in [2.05, 4.69) is 12.2 Å². The molecule has 0 aromatic carbocycles. The molecule has 3 N–H and O–H groups in total. The van der Waals surface area contributed by atoms with Crippen LogP contribution in [0.3, 0.4) is 0 Å². The molecule has 0 fully saturated rings. The van der Waals surface area contributed by atoms with Crippen LogP contribution in [0.15, 0.2) is 17.5 Å². The molecular weight excluding hydrogens is 262 g/mol. The van der Waals surface area contributed by atoms with Crippen LogP contribution < -0.4 is 5.32 Å². The third-order valence-electron chi connectivity index (χ3n) is 3.06. The van der Waals surface area contributed by atoms with E-state index in [9.17, 15) is 5.11 Å². The second-order valence-electron chi connectivity index (χ2n) is 4.69. The second-order valence-corrected chi connectivity index (χ2v) is 5.73.